The highest BCUT2D eigenvalue weighted by Gasteiger charge is 2.19. The summed E-state index contributed by atoms with van der Waals surface area (Å²) in [7, 11) is 0. The van der Waals surface area contributed by atoms with E-state index in [1.807, 2.05) is 38.1 Å². The summed E-state index contributed by atoms with van der Waals surface area (Å²) >= 11 is 11.0. The van der Waals surface area contributed by atoms with Crippen LogP contribution < -0.4 is 0 Å². The quantitative estimate of drug-likeness (QED) is 0.555. The van der Waals surface area contributed by atoms with Gasteiger partial charge in [0.2, 0.25) is 0 Å². The second-order valence-corrected chi connectivity index (χ2v) is 6.80. The van der Waals surface area contributed by atoms with Gasteiger partial charge in [-0.2, -0.15) is 5.10 Å². The lowest BCUT2D eigenvalue weighted by Gasteiger charge is -2.10. The third kappa shape index (κ3) is 3.45. The molecule has 0 aliphatic heterocycles. The standard InChI is InChI=1S/C14H14BrClN2OS/c1-9(2)18-14(11(16)7-17-18)12(19)8-20-13-6-4-3-5-10(13)15/h3-7,9H,8H2,1-2H3. The number of hydrogen-bond acceptors (Lipinski definition) is 3. The van der Waals surface area contributed by atoms with E-state index >= 15 is 0 Å². The first kappa shape index (κ1) is 15.6. The highest BCUT2D eigenvalue weighted by Crippen LogP contribution is 2.28. The van der Waals surface area contributed by atoms with Crippen LogP contribution >= 0.6 is 39.3 Å². The van der Waals surface area contributed by atoms with Crippen molar-refractivity contribution in [1.82, 2.24) is 9.78 Å². The van der Waals surface area contributed by atoms with E-state index in [4.69, 9.17) is 11.6 Å². The lowest BCUT2D eigenvalue weighted by Crippen LogP contribution is -2.14. The van der Waals surface area contributed by atoms with Gasteiger partial charge in [-0.25, -0.2) is 0 Å². The van der Waals surface area contributed by atoms with Crippen LogP contribution in [-0.4, -0.2) is 21.3 Å². The molecule has 6 heteroatoms. The van der Waals surface area contributed by atoms with E-state index in [9.17, 15) is 4.79 Å². The van der Waals surface area contributed by atoms with Crippen molar-refractivity contribution in [2.24, 2.45) is 0 Å². The molecule has 20 heavy (non-hydrogen) atoms. The number of ketones is 1. The van der Waals surface area contributed by atoms with Gasteiger partial charge in [0.25, 0.3) is 0 Å². The molecule has 0 N–H and O–H groups in total. The molecule has 0 radical (unpaired) electrons. The molecule has 0 saturated heterocycles. The van der Waals surface area contributed by atoms with Crippen molar-refractivity contribution in [3.05, 3.63) is 45.7 Å². The van der Waals surface area contributed by atoms with Crippen LogP contribution in [-0.2, 0) is 0 Å². The van der Waals surface area contributed by atoms with E-state index in [-0.39, 0.29) is 11.8 Å². The van der Waals surface area contributed by atoms with Crippen molar-refractivity contribution < 1.29 is 4.79 Å². The number of thioether (sulfide) groups is 1. The van der Waals surface area contributed by atoms with Crippen molar-refractivity contribution in [3.8, 4) is 0 Å². The summed E-state index contributed by atoms with van der Waals surface area (Å²) in [6.07, 6.45) is 1.53. The Morgan fingerprint density at radius 1 is 1.45 bits per heavy atom. The van der Waals surface area contributed by atoms with E-state index in [0.29, 0.717) is 16.5 Å². The highest BCUT2D eigenvalue weighted by molar-refractivity contribution is 9.10. The van der Waals surface area contributed by atoms with Crippen LogP contribution in [0.25, 0.3) is 0 Å². The van der Waals surface area contributed by atoms with Crippen LogP contribution in [0, 0.1) is 0 Å². The summed E-state index contributed by atoms with van der Waals surface area (Å²) in [5, 5.41) is 4.57. The molecule has 3 nitrogen and oxygen atoms in total. The van der Waals surface area contributed by atoms with Gasteiger partial charge < -0.3 is 0 Å². The molecule has 106 valence electrons. The summed E-state index contributed by atoms with van der Waals surface area (Å²) < 4.78 is 2.66. The number of carbonyl (C=O) groups is 1. The first-order chi connectivity index (χ1) is 9.50. The van der Waals surface area contributed by atoms with Crippen LogP contribution in [0.5, 0.6) is 0 Å². The lowest BCUT2D eigenvalue weighted by molar-refractivity contribution is 0.101. The summed E-state index contributed by atoms with van der Waals surface area (Å²) in [4.78, 5) is 13.4. The molecule has 0 amide bonds. The number of hydrogen-bond donors (Lipinski definition) is 0. The fraction of sp³-hybridized carbons (Fsp3) is 0.286. The van der Waals surface area contributed by atoms with E-state index in [2.05, 4.69) is 21.0 Å². The number of nitrogens with zero attached hydrogens (tertiary/aromatic N) is 2. The van der Waals surface area contributed by atoms with Crippen molar-refractivity contribution in [3.63, 3.8) is 0 Å². The lowest BCUT2D eigenvalue weighted by atomic mass is 10.3. The number of rotatable bonds is 5. The molecule has 1 aromatic heterocycles. The molecule has 0 fully saturated rings. The van der Waals surface area contributed by atoms with Crippen LogP contribution in [0.15, 0.2) is 39.8 Å². The third-order valence-corrected chi connectivity index (χ3v) is 5.00. The predicted molar refractivity (Wildman–Crippen MR) is 86.8 cm³/mol. The third-order valence-electron chi connectivity index (χ3n) is 2.70. The summed E-state index contributed by atoms with van der Waals surface area (Å²) in [6, 6.07) is 7.93. The maximum Gasteiger partial charge on any atom is 0.192 e. The van der Waals surface area contributed by atoms with E-state index in [1.54, 1.807) is 4.68 Å². The number of Topliss-reactive ketones (excluding diaryl/α,β-unsaturated/α-hetero) is 1. The van der Waals surface area contributed by atoms with Gasteiger partial charge in [0.05, 0.1) is 17.0 Å². The van der Waals surface area contributed by atoms with E-state index in [1.165, 1.54) is 18.0 Å². The molecule has 0 unspecified atom stereocenters. The Hall–Kier alpha value is -0.780. The van der Waals surface area contributed by atoms with Gasteiger partial charge in [0, 0.05) is 15.4 Å². The largest absolute Gasteiger partial charge is 0.291 e. The summed E-state index contributed by atoms with van der Waals surface area (Å²) in [5.41, 5.74) is 0.487. The van der Waals surface area contributed by atoms with Gasteiger partial charge in [-0.1, -0.05) is 23.7 Å². The Morgan fingerprint density at radius 2 is 2.15 bits per heavy atom. The fourth-order valence-electron chi connectivity index (χ4n) is 1.77. The normalized spacial score (nSPS) is 11.1. The minimum Gasteiger partial charge on any atom is -0.291 e. The van der Waals surface area contributed by atoms with Crippen LogP contribution in [0.2, 0.25) is 5.02 Å². The Bertz CT molecular complexity index is 627. The van der Waals surface area contributed by atoms with Gasteiger partial charge in [-0.15, -0.1) is 11.8 Å². The second-order valence-electron chi connectivity index (χ2n) is 4.52. The Morgan fingerprint density at radius 3 is 2.80 bits per heavy atom. The summed E-state index contributed by atoms with van der Waals surface area (Å²) in [6.45, 7) is 3.95. The smallest absolute Gasteiger partial charge is 0.192 e. The maximum atomic E-state index is 12.4. The monoisotopic (exact) mass is 372 g/mol. The number of halogens is 2. The van der Waals surface area contributed by atoms with Gasteiger partial charge in [-0.05, 0) is 41.9 Å². The zero-order valence-electron chi connectivity index (χ0n) is 11.1. The molecule has 0 spiro atoms. The first-order valence-corrected chi connectivity index (χ1v) is 8.30. The number of aromatic nitrogens is 2. The molecule has 0 atom stereocenters. The van der Waals surface area contributed by atoms with Gasteiger partial charge in [-0.3, -0.25) is 9.48 Å². The Labute approximate surface area is 135 Å². The fourth-order valence-corrected chi connectivity index (χ4v) is 3.43. The Kier molecular flexibility index (Phi) is 5.29. The Balaban J connectivity index is 2.13. The zero-order chi connectivity index (χ0) is 14.7. The maximum absolute atomic E-state index is 12.4. The van der Waals surface area contributed by atoms with E-state index < -0.39 is 0 Å². The van der Waals surface area contributed by atoms with E-state index in [0.717, 1.165) is 9.37 Å². The number of benzene rings is 1. The molecular formula is C14H14BrClN2OS. The second kappa shape index (κ2) is 6.78. The van der Waals surface area contributed by atoms with Crippen molar-refractivity contribution in [2.75, 3.05) is 5.75 Å². The average molecular weight is 374 g/mol. The molecule has 0 saturated carbocycles. The molecular weight excluding hydrogens is 360 g/mol. The highest BCUT2D eigenvalue weighted by atomic mass is 79.9. The molecule has 2 aromatic rings. The molecule has 0 aliphatic rings. The van der Waals surface area contributed by atoms with Gasteiger partial charge >= 0.3 is 0 Å². The van der Waals surface area contributed by atoms with Crippen molar-refractivity contribution >= 4 is 45.1 Å². The average Bonchev–Trinajstić information content (AvgIpc) is 2.79. The van der Waals surface area contributed by atoms with Gasteiger partial charge in [0.1, 0.15) is 5.69 Å². The molecule has 1 aromatic carbocycles. The molecule has 0 bridgehead atoms. The summed E-state index contributed by atoms with van der Waals surface area (Å²) in [5.74, 6) is 0.322. The van der Waals surface area contributed by atoms with Gasteiger partial charge in [0.15, 0.2) is 5.78 Å². The number of carbonyl (C=O) groups excluding carboxylic acids is 1. The molecule has 1 heterocycles. The molecule has 2 rings (SSSR count). The van der Waals surface area contributed by atoms with Crippen LogP contribution in [0.1, 0.15) is 30.4 Å². The topological polar surface area (TPSA) is 34.9 Å². The predicted octanol–water partition coefficient (Wildman–Crippen LogP) is 4.85. The first-order valence-electron chi connectivity index (χ1n) is 6.14. The van der Waals surface area contributed by atoms with Crippen molar-refractivity contribution in [2.45, 2.75) is 24.8 Å². The molecule has 0 aliphatic carbocycles. The van der Waals surface area contributed by atoms with Crippen LogP contribution in [0.3, 0.4) is 0 Å². The van der Waals surface area contributed by atoms with Crippen LogP contribution in [0.4, 0.5) is 0 Å². The minimum atomic E-state index is -0.0121. The van der Waals surface area contributed by atoms with Crippen molar-refractivity contribution in [1.29, 1.82) is 0 Å². The zero-order valence-corrected chi connectivity index (χ0v) is 14.3. The minimum absolute atomic E-state index is 0.0121. The SMILES string of the molecule is CC(C)n1ncc(Cl)c1C(=O)CSc1ccccc1Br.